The SMILES string of the molecule is C=C(C)C[C@@H](N)c1ccc(C)c2ccccc12. The summed E-state index contributed by atoms with van der Waals surface area (Å²) in [6.45, 7) is 8.10. The van der Waals surface area contributed by atoms with Gasteiger partial charge in [-0.3, -0.25) is 0 Å². The molecule has 0 saturated heterocycles. The van der Waals surface area contributed by atoms with Crippen LogP contribution in [0.15, 0.2) is 48.6 Å². The predicted molar refractivity (Wildman–Crippen MR) is 75.0 cm³/mol. The van der Waals surface area contributed by atoms with Gasteiger partial charge in [-0.2, -0.15) is 0 Å². The molecule has 2 N–H and O–H groups in total. The van der Waals surface area contributed by atoms with Gasteiger partial charge in [-0.25, -0.2) is 0 Å². The molecule has 2 aromatic carbocycles. The molecule has 2 rings (SSSR count). The van der Waals surface area contributed by atoms with Crippen LogP contribution in [0.3, 0.4) is 0 Å². The molecule has 17 heavy (non-hydrogen) atoms. The number of nitrogens with two attached hydrogens (primary N) is 1. The van der Waals surface area contributed by atoms with Gasteiger partial charge in [0, 0.05) is 6.04 Å². The van der Waals surface area contributed by atoms with Crippen molar-refractivity contribution in [1.29, 1.82) is 0 Å². The topological polar surface area (TPSA) is 26.0 Å². The second kappa shape index (κ2) is 4.72. The van der Waals surface area contributed by atoms with E-state index in [9.17, 15) is 0 Å². The Kier molecular flexibility index (Phi) is 3.30. The lowest BCUT2D eigenvalue weighted by molar-refractivity contribution is 0.723. The molecule has 0 saturated carbocycles. The Morgan fingerprint density at radius 1 is 1.18 bits per heavy atom. The zero-order chi connectivity index (χ0) is 12.4. The maximum absolute atomic E-state index is 6.25. The van der Waals surface area contributed by atoms with Crippen molar-refractivity contribution in [2.24, 2.45) is 5.73 Å². The first kappa shape index (κ1) is 11.9. The summed E-state index contributed by atoms with van der Waals surface area (Å²) in [5, 5.41) is 2.56. The molecule has 1 nitrogen and oxygen atoms in total. The first-order valence-electron chi connectivity index (χ1n) is 5.98. The van der Waals surface area contributed by atoms with Gasteiger partial charge in [-0.1, -0.05) is 42.0 Å². The number of fused-ring (bicyclic) bond motifs is 1. The minimum absolute atomic E-state index is 0.0398. The normalized spacial score (nSPS) is 12.6. The van der Waals surface area contributed by atoms with Crippen LogP contribution in [0.2, 0.25) is 0 Å². The number of rotatable bonds is 3. The van der Waals surface area contributed by atoms with E-state index in [-0.39, 0.29) is 6.04 Å². The Balaban J connectivity index is 2.55. The van der Waals surface area contributed by atoms with Gasteiger partial charge in [0.15, 0.2) is 0 Å². The monoisotopic (exact) mass is 225 g/mol. The van der Waals surface area contributed by atoms with Gasteiger partial charge in [-0.15, -0.1) is 6.58 Å². The fourth-order valence-electron chi connectivity index (χ4n) is 2.28. The Bertz CT molecular complexity index is 554. The number of hydrogen-bond donors (Lipinski definition) is 1. The minimum atomic E-state index is 0.0398. The third kappa shape index (κ3) is 2.40. The lowest BCUT2D eigenvalue weighted by Crippen LogP contribution is -2.11. The summed E-state index contributed by atoms with van der Waals surface area (Å²) in [4.78, 5) is 0. The molecule has 0 spiro atoms. The zero-order valence-corrected chi connectivity index (χ0v) is 10.5. The highest BCUT2D eigenvalue weighted by molar-refractivity contribution is 5.88. The van der Waals surface area contributed by atoms with E-state index in [4.69, 9.17) is 5.73 Å². The van der Waals surface area contributed by atoms with Crippen LogP contribution in [0.25, 0.3) is 10.8 Å². The van der Waals surface area contributed by atoms with E-state index in [0.717, 1.165) is 12.0 Å². The van der Waals surface area contributed by atoms with Crippen molar-refractivity contribution < 1.29 is 0 Å². The van der Waals surface area contributed by atoms with Crippen molar-refractivity contribution in [2.45, 2.75) is 26.3 Å². The second-order valence-electron chi connectivity index (χ2n) is 4.78. The van der Waals surface area contributed by atoms with Gasteiger partial charge in [0.2, 0.25) is 0 Å². The van der Waals surface area contributed by atoms with Crippen LogP contribution >= 0.6 is 0 Å². The average Bonchev–Trinajstić information content (AvgIpc) is 2.29. The van der Waals surface area contributed by atoms with Crippen molar-refractivity contribution in [3.05, 3.63) is 59.7 Å². The average molecular weight is 225 g/mol. The molecule has 1 atom stereocenters. The number of hydrogen-bond acceptors (Lipinski definition) is 1. The molecule has 0 fully saturated rings. The van der Waals surface area contributed by atoms with E-state index in [1.165, 1.54) is 21.9 Å². The molecule has 1 heteroatoms. The molecule has 2 aromatic rings. The lowest BCUT2D eigenvalue weighted by Gasteiger charge is -2.16. The van der Waals surface area contributed by atoms with Crippen LogP contribution in [-0.4, -0.2) is 0 Å². The van der Waals surface area contributed by atoms with Crippen LogP contribution in [0.4, 0.5) is 0 Å². The fourth-order valence-corrected chi connectivity index (χ4v) is 2.28. The Morgan fingerprint density at radius 2 is 1.82 bits per heavy atom. The van der Waals surface area contributed by atoms with Crippen LogP contribution in [0, 0.1) is 6.92 Å². The molecule has 0 radical (unpaired) electrons. The van der Waals surface area contributed by atoms with E-state index < -0.39 is 0 Å². The van der Waals surface area contributed by atoms with E-state index in [1.807, 2.05) is 6.92 Å². The van der Waals surface area contributed by atoms with Gasteiger partial charge in [0.05, 0.1) is 0 Å². The molecule has 88 valence electrons. The van der Waals surface area contributed by atoms with Crippen LogP contribution in [-0.2, 0) is 0 Å². The summed E-state index contributed by atoms with van der Waals surface area (Å²) < 4.78 is 0. The summed E-state index contributed by atoms with van der Waals surface area (Å²) >= 11 is 0. The summed E-state index contributed by atoms with van der Waals surface area (Å²) in [6.07, 6.45) is 0.840. The smallest absolute Gasteiger partial charge is 0.0338 e. The largest absolute Gasteiger partial charge is 0.324 e. The standard InChI is InChI=1S/C16H19N/c1-11(2)10-16(17)15-9-8-12(3)13-6-4-5-7-14(13)15/h4-9,16H,1,10,17H2,2-3H3/t16-/m1/s1. The molecule has 0 aromatic heterocycles. The molecule has 0 aliphatic rings. The summed E-state index contributed by atoms with van der Waals surface area (Å²) in [5.74, 6) is 0. The van der Waals surface area contributed by atoms with Crippen LogP contribution in [0.1, 0.15) is 30.5 Å². The van der Waals surface area contributed by atoms with Gasteiger partial charge in [0.25, 0.3) is 0 Å². The van der Waals surface area contributed by atoms with E-state index >= 15 is 0 Å². The van der Waals surface area contributed by atoms with Crippen molar-refractivity contribution in [3.63, 3.8) is 0 Å². The zero-order valence-electron chi connectivity index (χ0n) is 10.5. The fraction of sp³-hybridized carbons (Fsp3) is 0.250. The summed E-state index contributed by atoms with van der Waals surface area (Å²) in [6, 6.07) is 12.8. The third-order valence-electron chi connectivity index (χ3n) is 3.14. The maximum Gasteiger partial charge on any atom is 0.0338 e. The summed E-state index contributed by atoms with van der Waals surface area (Å²) in [7, 11) is 0. The lowest BCUT2D eigenvalue weighted by atomic mass is 9.93. The third-order valence-corrected chi connectivity index (χ3v) is 3.14. The van der Waals surface area contributed by atoms with Crippen LogP contribution in [0.5, 0.6) is 0 Å². The summed E-state index contributed by atoms with van der Waals surface area (Å²) in [5.41, 5.74) is 9.89. The molecule has 0 unspecified atom stereocenters. The van der Waals surface area contributed by atoms with Crippen LogP contribution < -0.4 is 5.73 Å². The van der Waals surface area contributed by atoms with Crippen molar-refractivity contribution in [2.75, 3.05) is 0 Å². The Morgan fingerprint density at radius 3 is 2.47 bits per heavy atom. The number of aryl methyl sites for hydroxylation is 1. The quantitative estimate of drug-likeness (QED) is 0.781. The molecule has 0 aliphatic heterocycles. The first-order chi connectivity index (χ1) is 8.09. The Labute approximate surface area is 103 Å². The molecule has 0 bridgehead atoms. The first-order valence-corrected chi connectivity index (χ1v) is 5.98. The molecule has 0 heterocycles. The van der Waals surface area contributed by atoms with Crippen molar-refractivity contribution in [3.8, 4) is 0 Å². The van der Waals surface area contributed by atoms with E-state index in [2.05, 4.69) is 49.9 Å². The van der Waals surface area contributed by atoms with Crippen molar-refractivity contribution >= 4 is 10.8 Å². The van der Waals surface area contributed by atoms with Gasteiger partial charge in [-0.05, 0) is 42.2 Å². The highest BCUT2D eigenvalue weighted by atomic mass is 14.6. The van der Waals surface area contributed by atoms with Gasteiger partial charge < -0.3 is 5.73 Å². The van der Waals surface area contributed by atoms with Crippen molar-refractivity contribution in [1.82, 2.24) is 0 Å². The highest BCUT2D eigenvalue weighted by Gasteiger charge is 2.10. The highest BCUT2D eigenvalue weighted by Crippen LogP contribution is 2.28. The maximum atomic E-state index is 6.25. The molecule has 0 amide bonds. The molecule has 0 aliphatic carbocycles. The van der Waals surface area contributed by atoms with Gasteiger partial charge in [0.1, 0.15) is 0 Å². The number of benzene rings is 2. The van der Waals surface area contributed by atoms with E-state index in [1.54, 1.807) is 0 Å². The van der Waals surface area contributed by atoms with E-state index in [0.29, 0.717) is 0 Å². The molecular formula is C16H19N. The van der Waals surface area contributed by atoms with Gasteiger partial charge >= 0.3 is 0 Å². The molecular weight excluding hydrogens is 206 g/mol. The predicted octanol–water partition coefficient (Wildman–Crippen LogP) is 4.11. The Hall–Kier alpha value is -1.60. The minimum Gasteiger partial charge on any atom is -0.324 e. The second-order valence-corrected chi connectivity index (χ2v) is 4.78.